The van der Waals surface area contributed by atoms with Gasteiger partial charge in [-0.1, -0.05) is 66.7 Å². The molecule has 0 spiro atoms. The van der Waals surface area contributed by atoms with Crippen LogP contribution in [0.4, 0.5) is 0 Å². The summed E-state index contributed by atoms with van der Waals surface area (Å²) in [7, 11) is 0. The van der Waals surface area contributed by atoms with Crippen molar-refractivity contribution in [3.05, 3.63) is 0 Å². The average Bonchev–Trinajstić information content (AvgIpc) is 2.46. The smallest absolute Gasteiger partial charge is 0.00178 e. The quantitative estimate of drug-likeness (QED) is 0.530. The first-order valence-corrected chi connectivity index (χ1v) is 9.81. The summed E-state index contributed by atoms with van der Waals surface area (Å²) in [6.07, 6.45) is 11.5. The van der Waals surface area contributed by atoms with Gasteiger partial charge >= 0.3 is 0 Å². The van der Waals surface area contributed by atoms with E-state index in [0.29, 0.717) is 0 Å². The van der Waals surface area contributed by atoms with Gasteiger partial charge in [-0.15, -0.1) is 0 Å². The highest BCUT2D eigenvalue weighted by Gasteiger charge is 2.30. The van der Waals surface area contributed by atoms with Gasteiger partial charge in [0.05, 0.1) is 0 Å². The molecule has 3 atom stereocenters. The van der Waals surface area contributed by atoms with Crippen LogP contribution in [-0.4, -0.2) is 13.1 Å². The van der Waals surface area contributed by atoms with Crippen molar-refractivity contribution in [1.82, 2.24) is 5.32 Å². The van der Waals surface area contributed by atoms with Crippen molar-refractivity contribution in [2.45, 2.75) is 86.0 Å². The van der Waals surface area contributed by atoms with Gasteiger partial charge < -0.3 is 5.32 Å². The topological polar surface area (TPSA) is 12.0 Å². The Morgan fingerprint density at radius 2 is 1.71 bits per heavy atom. The molecule has 0 heterocycles. The summed E-state index contributed by atoms with van der Waals surface area (Å²) in [5, 5.41) is 3.74. The van der Waals surface area contributed by atoms with E-state index in [1.165, 1.54) is 64.5 Å². The first-order chi connectivity index (χ1) is 10.1. The van der Waals surface area contributed by atoms with Crippen LogP contribution >= 0.6 is 0 Å². The van der Waals surface area contributed by atoms with E-state index in [9.17, 15) is 0 Å². The van der Waals surface area contributed by atoms with E-state index in [1.807, 2.05) is 0 Å². The second kappa shape index (κ2) is 10.6. The minimum atomic E-state index is 0.777. The summed E-state index contributed by atoms with van der Waals surface area (Å²) in [6, 6.07) is 0. The van der Waals surface area contributed by atoms with Crippen molar-refractivity contribution in [2.75, 3.05) is 13.1 Å². The molecule has 0 radical (unpaired) electrons. The number of rotatable bonds is 10. The SMILES string of the molecule is CCCC1CCC(CNCC(C)C)C(CC(CC)CC)C1. The Kier molecular flexibility index (Phi) is 9.64. The van der Waals surface area contributed by atoms with E-state index < -0.39 is 0 Å². The molecule has 1 heteroatoms. The third kappa shape index (κ3) is 7.17. The summed E-state index contributed by atoms with van der Waals surface area (Å²) in [5.74, 6) is 4.69. The second-order valence-electron chi connectivity index (χ2n) is 7.96. The molecule has 0 amide bonds. The molecule has 0 aliphatic heterocycles. The van der Waals surface area contributed by atoms with Crippen molar-refractivity contribution in [3.63, 3.8) is 0 Å². The summed E-state index contributed by atoms with van der Waals surface area (Å²) < 4.78 is 0. The summed E-state index contributed by atoms with van der Waals surface area (Å²) in [6.45, 7) is 14.2. The molecule has 1 aliphatic rings. The predicted molar refractivity (Wildman–Crippen MR) is 95.6 cm³/mol. The predicted octanol–water partition coefficient (Wildman–Crippen LogP) is 5.89. The van der Waals surface area contributed by atoms with Crippen LogP contribution < -0.4 is 5.32 Å². The molecule has 0 saturated heterocycles. The molecule has 21 heavy (non-hydrogen) atoms. The van der Waals surface area contributed by atoms with E-state index >= 15 is 0 Å². The molecule has 3 unspecified atom stereocenters. The van der Waals surface area contributed by atoms with E-state index in [0.717, 1.165) is 29.6 Å². The number of hydrogen-bond donors (Lipinski definition) is 1. The minimum Gasteiger partial charge on any atom is -0.316 e. The molecule has 0 aromatic heterocycles. The van der Waals surface area contributed by atoms with E-state index in [1.54, 1.807) is 0 Å². The molecule has 126 valence electrons. The van der Waals surface area contributed by atoms with Gasteiger partial charge in [-0.3, -0.25) is 0 Å². The largest absolute Gasteiger partial charge is 0.316 e. The Hall–Kier alpha value is -0.0400. The van der Waals surface area contributed by atoms with Gasteiger partial charge in [-0.25, -0.2) is 0 Å². The van der Waals surface area contributed by atoms with Gasteiger partial charge in [0.1, 0.15) is 0 Å². The van der Waals surface area contributed by atoms with Gasteiger partial charge in [0.2, 0.25) is 0 Å². The molecule has 1 N–H and O–H groups in total. The fourth-order valence-corrected chi connectivity index (χ4v) is 4.26. The third-order valence-electron chi connectivity index (χ3n) is 5.70. The normalized spacial score (nSPS) is 26.7. The van der Waals surface area contributed by atoms with E-state index in [-0.39, 0.29) is 0 Å². The van der Waals surface area contributed by atoms with Crippen molar-refractivity contribution in [3.8, 4) is 0 Å². The Labute approximate surface area is 134 Å². The summed E-state index contributed by atoms with van der Waals surface area (Å²) in [5.41, 5.74) is 0. The number of hydrogen-bond acceptors (Lipinski definition) is 1. The molecule has 1 nitrogen and oxygen atoms in total. The first-order valence-electron chi connectivity index (χ1n) is 9.81. The minimum absolute atomic E-state index is 0.777. The van der Waals surface area contributed by atoms with Crippen molar-refractivity contribution in [1.29, 1.82) is 0 Å². The zero-order valence-corrected chi connectivity index (χ0v) is 15.5. The van der Waals surface area contributed by atoms with Crippen molar-refractivity contribution < 1.29 is 0 Å². The van der Waals surface area contributed by atoms with Gasteiger partial charge in [-0.2, -0.15) is 0 Å². The van der Waals surface area contributed by atoms with Crippen molar-refractivity contribution in [2.24, 2.45) is 29.6 Å². The molecule has 0 aromatic carbocycles. The Morgan fingerprint density at radius 1 is 1.00 bits per heavy atom. The number of nitrogens with one attached hydrogen (secondary N) is 1. The zero-order valence-electron chi connectivity index (χ0n) is 15.5. The summed E-state index contributed by atoms with van der Waals surface area (Å²) in [4.78, 5) is 0. The summed E-state index contributed by atoms with van der Waals surface area (Å²) >= 11 is 0. The molecule has 0 aromatic rings. The van der Waals surface area contributed by atoms with Crippen LogP contribution in [-0.2, 0) is 0 Å². The molecular weight excluding hydrogens is 254 g/mol. The Bertz CT molecular complexity index is 244. The average molecular weight is 296 g/mol. The lowest BCUT2D eigenvalue weighted by molar-refractivity contribution is 0.138. The van der Waals surface area contributed by atoms with Crippen molar-refractivity contribution >= 4 is 0 Å². The van der Waals surface area contributed by atoms with Crippen LogP contribution in [0.3, 0.4) is 0 Å². The first kappa shape index (κ1) is 19.0. The fourth-order valence-electron chi connectivity index (χ4n) is 4.26. The molecular formula is C20H41N. The molecule has 1 aliphatic carbocycles. The van der Waals surface area contributed by atoms with E-state index in [2.05, 4.69) is 39.9 Å². The highest BCUT2D eigenvalue weighted by atomic mass is 14.9. The standard InChI is InChI=1S/C20H41N/c1-6-9-18-10-11-19(15-21-14-16(4)5)20(13-18)12-17(7-2)8-3/h16-21H,6-15H2,1-5H3. The molecule has 1 saturated carbocycles. The monoisotopic (exact) mass is 295 g/mol. The Balaban J connectivity index is 2.52. The fraction of sp³-hybridized carbons (Fsp3) is 1.00. The lowest BCUT2D eigenvalue weighted by Gasteiger charge is -2.38. The van der Waals surface area contributed by atoms with Gasteiger partial charge in [0, 0.05) is 0 Å². The molecule has 1 rings (SSSR count). The van der Waals surface area contributed by atoms with Crippen LogP contribution in [0.25, 0.3) is 0 Å². The molecule has 0 bridgehead atoms. The Morgan fingerprint density at radius 3 is 2.29 bits per heavy atom. The van der Waals surface area contributed by atoms with E-state index in [4.69, 9.17) is 0 Å². The van der Waals surface area contributed by atoms with Crippen LogP contribution in [0.15, 0.2) is 0 Å². The van der Waals surface area contributed by atoms with Crippen LogP contribution in [0, 0.1) is 29.6 Å². The maximum Gasteiger partial charge on any atom is -0.00178 e. The molecule has 1 fully saturated rings. The van der Waals surface area contributed by atoms with Crippen LogP contribution in [0.5, 0.6) is 0 Å². The van der Waals surface area contributed by atoms with Gasteiger partial charge in [-0.05, 0) is 61.9 Å². The van der Waals surface area contributed by atoms with Crippen LogP contribution in [0.1, 0.15) is 86.0 Å². The highest BCUT2D eigenvalue weighted by Crippen LogP contribution is 2.40. The lowest BCUT2D eigenvalue weighted by Crippen LogP contribution is -2.35. The second-order valence-corrected chi connectivity index (χ2v) is 7.96. The highest BCUT2D eigenvalue weighted by molar-refractivity contribution is 4.83. The lowest BCUT2D eigenvalue weighted by atomic mass is 9.69. The van der Waals surface area contributed by atoms with Crippen LogP contribution in [0.2, 0.25) is 0 Å². The van der Waals surface area contributed by atoms with Gasteiger partial charge in [0.15, 0.2) is 0 Å². The maximum absolute atomic E-state index is 3.74. The maximum atomic E-state index is 3.74. The zero-order chi connectivity index (χ0) is 15.7. The van der Waals surface area contributed by atoms with Gasteiger partial charge in [0.25, 0.3) is 0 Å². The third-order valence-corrected chi connectivity index (χ3v) is 5.70.